The Bertz CT molecular complexity index is 1100. The summed E-state index contributed by atoms with van der Waals surface area (Å²) in [6.07, 6.45) is 0. The molecule has 0 radical (unpaired) electrons. The summed E-state index contributed by atoms with van der Waals surface area (Å²) in [5.74, 6) is 0.160. The lowest BCUT2D eigenvalue weighted by atomic mass is 9.93. The van der Waals surface area contributed by atoms with E-state index in [0.29, 0.717) is 5.56 Å². The van der Waals surface area contributed by atoms with Crippen LogP contribution in [0.5, 0.6) is 5.75 Å². The van der Waals surface area contributed by atoms with Crippen molar-refractivity contribution in [1.29, 1.82) is 0 Å². The van der Waals surface area contributed by atoms with E-state index < -0.39 is 4.92 Å². The van der Waals surface area contributed by atoms with Crippen LogP contribution in [0.2, 0.25) is 0 Å². The highest BCUT2D eigenvalue weighted by Gasteiger charge is 2.14. The molecule has 0 atom stereocenters. The summed E-state index contributed by atoms with van der Waals surface area (Å²) < 4.78 is 0. The summed E-state index contributed by atoms with van der Waals surface area (Å²) in [4.78, 5) is 10.6. The maximum atomic E-state index is 11.0. The molecule has 4 rings (SSSR count). The molecule has 0 unspecified atom stereocenters. The molecule has 0 aromatic heterocycles. The van der Waals surface area contributed by atoms with Gasteiger partial charge in [0.2, 0.25) is 0 Å². The molecule has 0 saturated heterocycles. The van der Waals surface area contributed by atoms with E-state index in [4.69, 9.17) is 0 Å². The van der Waals surface area contributed by atoms with Gasteiger partial charge in [0.15, 0.2) is 0 Å². The number of hydrogen-bond acceptors (Lipinski definition) is 3. The number of benzene rings is 4. The average molecular weight is 315 g/mol. The summed E-state index contributed by atoms with van der Waals surface area (Å²) in [5.41, 5.74) is 1.64. The Kier molecular flexibility index (Phi) is 3.17. The Morgan fingerprint density at radius 3 is 2.42 bits per heavy atom. The molecule has 24 heavy (non-hydrogen) atoms. The minimum atomic E-state index is -0.413. The van der Waals surface area contributed by atoms with Crippen molar-refractivity contribution >= 4 is 27.2 Å². The second-order valence-corrected chi connectivity index (χ2v) is 5.65. The Morgan fingerprint density at radius 1 is 0.792 bits per heavy atom. The fourth-order valence-corrected chi connectivity index (χ4v) is 3.15. The second-order valence-electron chi connectivity index (χ2n) is 5.65. The molecule has 0 aliphatic heterocycles. The van der Waals surface area contributed by atoms with Crippen LogP contribution in [-0.2, 0) is 0 Å². The van der Waals surface area contributed by atoms with E-state index >= 15 is 0 Å². The summed E-state index contributed by atoms with van der Waals surface area (Å²) in [6, 6.07) is 21.9. The van der Waals surface area contributed by atoms with E-state index in [1.807, 2.05) is 42.5 Å². The minimum absolute atomic E-state index is 0.0389. The predicted octanol–water partition coefficient (Wildman–Crippen LogP) is 5.27. The minimum Gasteiger partial charge on any atom is -0.507 e. The first-order valence-electron chi connectivity index (χ1n) is 7.53. The van der Waals surface area contributed by atoms with Crippen LogP contribution in [0.1, 0.15) is 0 Å². The number of aromatic hydroxyl groups is 1. The van der Waals surface area contributed by atoms with E-state index in [2.05, 4.69) is 0 Å². The third kappa shape index (κ3) is 2.16. The highest BCUT2D eigenvalue weighted by molar-refractivity contribution is 6.07. The average Bonchev–Trinajstić information content (AvgIpc) is 2.61. The number of non-ortho nitro benzene ring substituents is 1. The number of rotatable bonds is 2. The van der Waals surface area contributed by atoms with Gasteiger partial charge in [0.05, 0.1) is 4.92 Å². The van der Waals surface area contributed by atoms with Gasteiger partial charge in [-0.3, -0.25) is 10.1 Å². The number of nitro benzene ring substituents is 1. The number of nitrogens with zero attached hydrogens (tertiary/aromatic N) is 1. The van der Waals surface area contributed by atoms with Crippen molar-refractivity contribution in [2.24, 2.45) is 0 Å². The molecule has 0 bridgehead atoms. The van der Waals surface area contributed by atoms with Crippen LogP contribution in [0, 0.1) is 10.1 Å². The van der Waals surface area contributed by atoms with Crippen molar-refractivity contribution in [3.05, 3.63) is 82.9 Å². The summed E-state index contributed by atoms with van der Waals surface area (Å²) in [7, 11) is 0. The highest BCUT2D eigenvalue weighted by Crippen LogP contribution is 2.40. The monoisotopic (exact) mass is 315 g/mol. The zero-order chi connectivity index (χ0) is 16.7. The van der Waals surface area contributed by atoms with Gasteiger partial charge in [-0.05, 0) is 39.2 Å². The molecule has 116 valence electrons. The molecule has 4 aromatic rings. The molecule has 0 saturated carbocycles. The second kappa shape index (κ2) is 5.35. The van der Waals surface area contributed by atoms with E-state index in [0.717, 1.165) is 27.1 Å². The molecular weight excluding hydrogens is 302 g/mol. The van der Waals surface area contributed by atoms with Gasteiger partial charge in [-0.2, -0.15) is 0 Å². The molecule has 0 aliphatic carbocycles. The Labute approximate surface area is 137 Å². The van der Waals surface area contributed by atoms with Gasteiger partial charge in [-0.15, -0.1) is 0 Å². The zero-order valence-electron chi connectivity index (χ0n) is 12.6. The van der Waals surface area contributed by atoms with Crippen LogP contribution in [0.25, 0.3) is 32.7 Å². The van der Waals surface area contributed by atoms with Crippen molar-refractivity contribution in [1.82, 2.24) is 0 Å². The van der Waals surface area contributed by atoms with Gasteiger partial charge in [-0.1, -0.05) is 48.5 Å². The van der Waals surface area contributed by atoms with Crippen molar-refractivity contribution in [2.45, 2.75) is 0 Å². The highest BCUT2D eigenvalue weighted by atomic mass is 16.6. The zero-order valence-corrected chi connectivity index (χ0v) is 12.6. The first-order valence-corrected chi connectivity index (χ1v) is 7.53. The smallest absolute Gasteiger partial charge is 0.270 e. The standard InChI is InChI=1S/C20H13NO3/c22-19-11-8-14-12-15(21(23)24)9-10-17(14)20(19)18-7-3-5-13-4-1-2-6-16(13)18/h1-12,22H. The largest absolute Gasteiger partial charge is 0.507 e. The van der Waals surface area contributed by atoms with E-state index in [9.17, 15) is 15.2 Å². The van der Waals surface area contributed by atoms with E-state index in [-0.39, 0.29) is 11.4 Å². The number of hydrogen-bond donors (Lipinski definition) is 1. The summed E-state index contributed by atoms with van der Waals surface area (Å²) in [5, 5.41) is 25.1. The van der Waals surface area contributed by atoms with Crippen molar-refractivity contribution in [2.75, 3.05) is 0 Å². The van der Waals surface area contributed by atoms with Crippen LogP contribution in [0.4, 0.5) is 5.69 Å². The number of fused-ring (bicyclic) bond motifs is 2. The first-order chi connectivity index (χ1) is 11.6. The van der Waals surface area contributed by atoms with Crippen molar-refractivity contribution < 1.29 is 10.0 Å². The van der Waals surface area contributed by atoms with Crippen LogP contribution < -0.4 is 0 Å². The third-order valence-electron chi connectivity index (χ3n) is 4.25. The lowest BCUT2D eigenvalue weighted by molar-refractivity contribution is -0.384. The Hall–Kier alpha value is -3.40. The van der Waals surface area contributed by atoms with Gasteiger partial charge in [0.25, 0.3) is 5.69 Å². The molecule has 0 heterocycles. The molecule has 1 N–H and O–H groups in total. The number of phenolic OH excluding ortho intramolecular Hbond substituents is 1. The normalized spacial score (nSPS) is 11.0. The maximum absolute atomic E-state index is 11.0. The fourth-order valence-electron chi connectivity index (χ4n) is 3.15. The first kappa shape index (κ1) is 14.2. The number of phenols is 1. The molecule has 0 spiro atoms. The van der Waals surface area contributed by atoms with Gasteiger partial charge < -0.3 is 5.11 Å². The van der Waals surface area contributed by atoms with Crippen LogP contribution >= 0.6 is 0 Å². The van der Waals surface area contributed by atoms with Crippen LogP contribution in [-0.4, -0.2) is 10.0 Å². The Morgan fingerprint density at radius 2 is 1.58 bits per heavy atom. The maximum Gasteiger partial charge on any atom is 0.270 e. The molecule has 0 aliphatic rings. The molecule has 4 nitrogen and oxygen atoms in total. The summed E-state index contributed by atoms with van der Waals surface area (Å²) >= 11 is 0. The molecule has 4 heteroatoms. The lowest BCUT2D eigenvalue weighted by Crippen LogP contribution is -1.89. The van der Waals surface area contributed by atoms with Crippen molar-refractivity contribution in [3.8, 4) is 16.9 Å². The summed E-state index contributed by atoms with van der Waals surface area (Å²) in [6.45, 7) is 0. The van der Waals surface area contributed by atoms with E-state index in [1.165, 1.54) is 12.1 Å². The SMILES string of the molecule is O=[N+]([O-])c1ccc2c(-c3cccc4ccccc34)c(O)ccc2c1. The molecule has 4 aromatic carbocycles. The fraction of sp³-hybridized carbons (Fsp3) is 0. The Balaban J connectivity index is 2.08. The van der Waals surface area contributed by atoms with Gasteiger partial charge in [0, 0.05) is 17.7 Å². The lowest BCUT2D eigenvalue weighted by Gasteiger charge is -2.12. The van der Waals surface area contributed by atoms with E-state index in [1.54, 1.807) is 18.2 Å². The quantitative estimate of drug-likeness (QED) is 0.404. The van der Waals surface area contributed by atoms with Crippen molar-refractivity contribution in [3.63, 3.8) is 0 Å². The van der Waals surface area contributed by atoms with Gasteiger partial charge >= 0.3 is 0 Å². The van der Waals surface area contributed by atoms with Gasteiger partial charge in [0.1, 0.15) is 5.75 Å². The topological polar surface area (TPSA) is 63.4 Å². The van der Waals surface area contributed by atoms with Crippen LogP contribution in [0.15, 0.2) is 72.8 Å². The molecule has 0 amide bonds. The number of nitro groups is 1. The molecular formula is C20H13NO3. The third-order valence-corrected chi connectivity index (χ3v) is 4.25. The predicted molar refractivity (Wildman–Crippen MR) is 95.2 cm³/mol. The van der Waals surface area contributed by atoms with Gasteiger partial charge in [-0.25, -0.2) is 0 Å². The van der Waals surface area contributed by atoms with Crippen LogP contribution in [0.3, 0.4) is 0 Å². The molecule has 0 fully saturated rings.